The van der Waals surface area contributed by atoms with Crippen molar-refractivity contribution in [2.45, 2.75) is 13.3 Å². The average molecular weight is 140 g/mol. The molecule has 10 heavy (non-hydrogen) atoms. The van der Waals surface area contributed by atoms with E-state index in [4.69, 9.17) is 5.11 Å². The lowest BCUT2D eigenvalue weighted by atomic mass is 10.3. The zero-order chi connectivity index (χ0) is 7.82. The van der Waals surface area contributed by atoms with E-state index in [1.807, 2.05) is 6.92 Å². The van der Waals surface area contributed by atoms with Crippen LogP contribution >= 0.6 is 0 Å². The van der Waals surface area contributed by atoms with Crippen molar-refractivity contribution in [2.75, 3.05) is 6.61 Å². The number of rotatable bonds is 4. The highest BCUT2D eigenvalue weighted by Gasteiger charge is 1.78. The van der Waals surface area contributed by atoms with Gasteiger partial charge in [-0.25, -0.2) is 0 Å². The number of hydrogen-bond donors (Lipinski definition) is 1. The zero-order valence-corrected chi connectivity index (χ0v) is 6.08. The summed E-state index contributed by atoms with van der Waals surface area (Å²) in [7, 11) is 0. The third kappa shape index (κ3) is 5.25. The standard InChI is InChI=1S/C8H12O2/c1-8(7-10)5-3-2-4-6-9/h2-3,5-6,10H,4,7H2,1H3. The molecule has 2 heteroatoms. The molecule has 0 aliphatic heterocycles. The molecule has 0 saturated heterocycles. The Bertz CT molecular complexity index is 145. The Morgan fingerprint density at radius 2 is 2.30 bits per heavy atom. The minimum absolute atomic E-state index is 0.0748. The Hall–Kier alpha value is -0.890. The fraction of sp³-hybridized carbons (Fsp3) is 0.375. The second-order valence-corrected chi connectivity index (χ2v) is 2.00. The Labute approximate surface area is 60.9 Å². The molecule has 0 aromatic heterocycles. The highest BCUT2D eigenvalue weighted by Crippen LogP contribution is 1.90. The fourth-order valence-corrected chi connectivity index (χ4v) is 0.419. The van der Waals surface area contributed by atoms with Gasteiger partial charge in [0.25, 0.3) is 0 Å². The summed E-state index contributed by atoms with van der Waals surface area (Å²) in [4.78, 5) is 9.80. The van der Waals surface area contributed by atoms with Crippen LogP contribution in [0.5, 0.6) is 0 Å². The highest BCUT2D eigenvalue weighted by molar-refractivity contribution is 5.52. The maximum atomic E-state index is 9.80. The second-order valence-electron chi connectivity index (χ2n) is 2.00. The van der Waals surface area contributed by atoms with E-state index in [9.17, 15) is 4.79 Å². The van der Waals surface area contributed by atoms with Gasteiger partial charge in [0, 0.05) is 6.42 Å². The molecule has 0 fully saturated rings. The van der Waals surface area contributed by atoms with Crippen molar-refractivity contribution in [3.63, 3.8) is 0 Å². The molecule has 0 rings (SSSR count). The molecule has 0 spiro atoms. The molecule has 0 radical (unpaired) electrons. The van der Waals surface area contributed by atoms with Crippen molar-refractivity contribution in [3.05, 3.63) is 23.8 Å². The van der Waals surface area contributed by atoms with Crippen molar-refractivity contribution in [3.8, 4) is 0 Å². The second kappa shape index (κ2) is 6.23. The molecule has 0 aliphatic carbocycles. The molecule has 0 atom stereocenters. The molecular weight excluding hydrogens is 128 g/mol. The van der Waals surface area contributed by atoms with Gasteiger partial charge in [-0.3, -0.25) is 0 Å². The first-order chi connectivity index (χ1) is 4.81. The average Bonchev–Trinajstić information content (AvgIpc) is 1.98. The largest absolute Gasteiger partial charge is 0.392 e. The summed E-state index contributed by atoms with van der Waals surface area (Å²) >= 11 is 0. The van der Waals surface area contributed by atoms with E-state index >= 15 is 0 Å². The van der Waals surface area contributed by atoms with Gasteiger partial charge in [0.2, 0.25) is 0 Å². The first kappa shape index (κ1) is 9.11. The fourth-order valence-electron chi connectivity index (χ4n) is 0.419. The van der Waals surface area contributed by atoms with Crippen LogP contribution in [-0.2, 0) is 4.79 Å². The summed E-state index contributed by atoms with van der Waals surface area (Å²) in [6.07, 6.45) is 6.56. The number of aldehydes is 1. The van der Waals surface area contributed by atoms with E-state index in [-0.39, 0.29) is 6.61 Å². The Morgan fingerprint density at radius 1 is 1.60 bits per heavy atom. The maximum absolute atomic E-state index is 9.80. The van der Waals surface area contributed by atoms with Crippen LogP contribution in [0, 0.1) is 0 Å². The predicted octanol–water partition coefficient (Wildman–Crippen LogP) is 1.07. The summed E-state index contributed by atoms with van der Waals surface area (Å²) in [5, 5.41) is 8.52. The normalized spacial score (nSPS) is 12.4. The molecule has 1 N–H and O–H groups in total. The van der Waals surface area contributed by atoms with Gasteiger partial charge in [-0.1, -0.05) is 18.2 Å². The maximum Gasteiger partial charge on any atom is 0.123 e. The molecule has 0 amide bonds. The van der Waals surface area contributed by atoms with Crippen molar-refractivity contribution in [1.82, 2.24) is 0 Å². The molecule has 0 saturated carbocycles. The molecule has 0 heterocycles. The molecule has 2 nitrogen and oxygen atoms in total. The van der Waals surface area contributed by atoms with Crippen LogP contribution in [0.25, 0.3) is 0 Å². The molecule has 0 aliphatic rings. The van der Waals surface area contributed by atoms with Crippen LogP contribution in [0.3, 0.4) is 0 Å². The summed E-state index contributed by atoms with van der Waals surface area (Å²) in [6, 6.07) is 0. The minimum Gasteiger partial charge on any atom is -0.392 e. The van der Waals surface area contributed by atoms with Crippen molar-refractivity contribution in [2.24, 2.45) is 0 Å². The van der Waals surface area contributed by atoms with Gasteiger partial charge in [0.15, 0.2) is 0 Å². The van der Waals surface area contributed by atoms with E-state index in [1.54, 1.807) is 18.2 Å². The van der Waals surface area contributed by atoms with E-state index in [0.717, 1.165) is 11.9 Å². The molecular formula is C8H12O2. The number of allylic oxidation sites excluding steroid dienone is 3. The summed E-state index contributed by atoms with van der Waals surface area (Å²) in [6.45, 7) is 1.90. The van der Waals surface area contributed by atoms with Gasteiger partial charge in [-0.05, 0) is 12.5 Å². The summed E-state index contributed by atoms with van der Waals surface area (Å²) in [5.41, 5.74) is 0.891. The molecule has 56 valence electrons. The van der Waals surface area contributed by atoms with Gasteiger partial charge in [0.05, 0.1) is 6.61 Å². The lowest BCUT2D eigenvalue weighted by molar-refractivity contribution is -0.107. The van der Waals surface area contributed by atoms with Gasteiger partial charge >= 0.3 is 0 Å². The summed E-state index contributed by atoms with van der Waals surface area (Å²) < 4.78 is 0. The van der Waals surface area contributed by atoms with Gasteiger partial charge < -0.3 is 9.90 Å². The van der Waals surface area contributed by atoms with Crippen LogP contribution in [-0.4, -0.2) is 18.0 Å². The predicted molar refractivity (Wildman–Crippen MR) is 40.7 cm³/mol. The van der Waals surface area contributed by atoms with Crippen LogP contribution in [0.4, 0.5) is 0 Å². The Morgan fingerprint density at radius 3 is 2.80 bits per heavy atom. The SMILES string of the molecule is CC(=CC=CCC=O)CO. The topological polar surface area (TPSA) is 37.3 Å². The van der Waals surface area contributed by atoms with Crippen LogP contribution in [0.2, 0.25) is 0 Å². The first-order valence-corrected chi connectivity index (χ1v) is 3.18. The number of aliphatic hydroxyl groups is 1. The highest BCUT2D eigenvalue weighted by atomic mass is 16.3. The van der Waals surface area contributed by atoms with Crippen molar-refractivity contribution in [1.29, 1.82) is 0 Å². The zero-order valence-electron chi connectivity index (χ0n) is 6.08. The van der Waals surface area contributed by atoms with E-state index in [1.165, 1.54) is 0 Å². The Kier molecular flexibility index (Phi) is 5.68. The van der Waals surface area contributed by atoms with Crippen LogP contribution in [0.15, 0.2) is 23.8 Å². The molecule has 0 aromatic carbocycles. The van der Waals surface area contributed by atoms with Gasteiger partial charge in [-0.15, -0.1) is 0 Å². The van der Waals surface area contributed by atoms with E-state index < -0.39 is 0 Å². The minimum atomic E-state index is 0.0748. The number of aliphatic hydroxyl groups excluding tert-OH is 1. The molecule has 0 bridgehead atoms. The first-order valence-electron chi connectivity index (χ1n) is 3.18. The molecule has 0 unspecified atom stereocenters. The number of hydrogen-bond acceptors (Lipinski definition) is 2. The third-order valence-corrected chi connectivity index (χ3v) is 0.999. The molecule has 0 aromatic rings. The Balaban J connectivity index is 3.58. The van der Waals surface area contributed by atoms with Crippen LogP contribution in [0.1, 0.15) is 13.3 Å². The third-order valence-electron chi connectivity index (χ3n) is 0.999. The van der Waals surface area contributed by atoms with Crippen LogP contribution < -0.4 is 0 Å². The quantitative estimate of drug-likeness (QED) is 0.468. The van der Waals surface area contributed by atoms with Gasteiger partial charge in [-0.2, -0.15) is 0 Å². The van der Waals surface area contributed by atoms with E-state index in [2.05, 4.69) is 0 Å². The lowest BCUT2D eigenvalue weighted by Crippen LogP contribution is -1.80. The number of carbonyl (C=O) groups excluding carboxylic acids is 1. The van der Waals surface area contributed by atoms with Crippen molar-refractivity contribution >= 4 is 6.29 Å². The number of carbonyl (C=O) groups is 1. The smallest absolute Gasteiger partial charge is 0.123 e. The van der Waals surface area contributed by atoms with Gasteiger partial charge in [0.1, 0.15) is 6.29 Å². The monoisotopic (exact) mass is 140 g/mol. The summed E-state index contributed by atoms with van der Waals surface area (Å²) in [5.74, 6) is 0. The van der Waals surface area contributed by atoms with E-state index in [0.29, 0.717) is 6.42 Å². The van der Waals surface area contributed by atoms with Crippen molar-refractivity contribution < 1.29 is 9.90 Å². The lowest BCUT2D eigenvalue weighted by Gasteiger charge is -1.87.